The first-order valence-corrected chi connectivity index (χ1v) is 11.4. The molecule has 3 aromatic rings. The van der Waals surface area contributed by atoms with Crippen LogP contribution in [0.25, 0.3) is 0 Å². The number of sulfonamides is 1. The summed E-state index contributed by atoms with van der Waals surface area (Å²) in [6.07, 6.45) is 0. The monoisotopic (exact) mass is 506 g/mol. The third-order valence-corrected chi connectivity index (χ3v) is 6.35. The van der Waals surface area contributed by atoms with Gasteiger partial charge in [-0.15, -0.1) is 0 Å². The molecule has 0 saturated heterocycles. The Bertz CT molecular complexity index is 1150. The Morgan fingerprint density at radius 1 is 1.06 bits per heavy atom. The van der Waals surface area contributed by atoms with E-state index in [4.69, 9.17) is 4.74 Å². The number of anilines is 1. The number of non-ortho nitro benzene ring substituents is 1. The molecule has 0 fully saturated rings. The molecule has 3 aromatic carbocycles. The lowest BCUT2D eigenvalue weighted by atomic mass is 10.0. The maximum Gasteiger partial charge on any atom is 0.269 e. The van der Waals surface area contributed by atoms with Crippen LogP contribution in [0, 0.1) is 10.1 Å². The lowest BCUT2D eigenvalue weighted by Gasteiger charge is -2.18. The zero-order valence-corrected chi connectivity index (χ0v) is 18.5. The van der Waals surface area contributed by atoms with E-state index in [1.165, 1.54) is 0 Å². The summed E-state index contributed by atoms with van der Waals surface area (Å²) in [7, 11) is -4.00. The molecule has 10 heteroatoms. The molecule has 31 heavy (non-hydrogen) atoms. The van der Waals surface area contributed by atoms with E-state index in [0.717, 1.165) is 29.8 Å². The first-order chi connectivity index (χ1) is 14.8. The molecule has 0 aromatic heterocycles. The number of hydrogen-bond acceptors (Lipinski definition) is 6. The van der Waals surface area contributed by atoms with E-state index in [9.17, 15) is 23.6 Å². The van der Waals surface area contributed by atoms with Gasteiger partial charge in [0.1, 0.15) is 5.75 Å². The molecule has 3 rings (SSSR count). The zero-order valence-electron chi connectivity index (χ0n) is 16.1. The van der Waals surface area contributed by atoms with E-state index in [-0.39, 0.29) is 41.2 Å². The number of nitro benzene ring substituents is 1. The average molecular weight is 507 g/mol. The molecule has 0 bridgehead atoms. The number of hydrogen-bond donors (Lipinski definition) is 2. The maximum absolute atomic E-state index is 12.7. The molecule has 0 amide bonds. The van der Waals surface area contributed by atoms with Gasteiger partial charge in [0.15, 0.2) is 0 Å². The highest BCUT2D eigenvalue weighted by Crippen LogP contribution is 2.31. The fourth-order valence-corrected chi connectivity index (χ4v) is 4.23. The summed E-state index contributed by atoms with van der Waals surface area (Å²) in [5, 5.41) is 20.5. The van der Waals surface area contributed by atoms with Crippen molar-refractivity contribution in [2.45, 2.75) is 10.8 Å². The topological polar surface area (TPSA) is 119 Å². The van der Waals surface area contributed by atoms with Gasteiger partial charge in [0.25, 0.3) is 15.7 Å². The molecule has 2 N–H and O–H groups in total. The van der Waals surface area contributed by atoms with Crippen molar-refractivity contribution in [3.8, 4) is 5.75 Å². The minimum atomic E-state index is -4.00. The number of nitrogens with zero attached hydrogens (tertiary/aromatic N) is 1. The maximum atomic E-state index is 12.7. The number of benzene rings is 3. The third-order valence-electron chi connectivity index (χ3n) is 4.48. The van der Waals surface area contributed by atoms with Crippen LogP contribution in [0.1, 0.15) is 11.5 Å². The van der Waals surface area contributed by atoms with Crippen molar-refractivity contribution in [2.24, 2.45) is 0 Å². The summed E-state index contributed by atoms with van der Waals surface area (Å²) in [6, 6.07) is 18.7. The molecule has 0 heterocycles. The van der Waals surface area contributed by atoms with Crippen molar-refractivity contribution in [3.05, 3.63) is 92.9 Å². The van der Waals surface area contributed by atoms with Crippen LogP contribution in [-0.4, -0.2) is 31.7 Å². The Balaban J connectivity index is 1.81. The molecule has 1 unspecified atom stereocenters. The summed E-state index contributed by atoms with van der Waals surface area (Å²) in [5.74, 6) is -0.0199. The average Bonchev–Trinajstić information content (AvgIpc) is 2.76. The summed E-state index contributed by atoms with van der Waals surface area (Å²) in [5.41, 5.74) is 0.891. The van der Waals surface area contributed by atoms with Gasteiger partial charge in [-0.05, 0) is 35.9 Å². The zero-order chi connectivity index (χ0) is 22.4. The quantitative estimate of drug-likeness (QED) is 0.329. The summed E-state index contributed by atoms with van der Waals surface area (Å²) in [4.78, 5) is 10.1. The Kier molecular flexibility index (Phi) is 7.26. The standard InChI is InChI=1S/C21H19BrN2O6S/c22-17-6-11-20(23-31(28,29)19-9-7-18(8-10-19)24(26)27)21(12-17)30-14-16(13-25)15-4-2-1-3-5-15/h1-12,16,23,25H,13-14H2. The fourth-order valence-electron chi connectivity index (χ4n) is 2.82. The molecule has 0 aliphatic carbocycles. The van der Waals surface area contributed by atoms with Gasteiger partial charge >= 0.3 is 0 Å². The van der Waals surface area contributed by atoms with Gasteiger partial charge in [0.2, 0.25) is 0 Å². The number of rotatable bonds is 9. The lowest BCUT2D eigenvalue weighted by Crippen LogP contribution is -2.17. The number of ether oxygens (including phenoxy) is 1. The Hall–Kier alpha value is -2.95. The van der Waals surface area contributed by atoms with Crippen molar-refractivity contribution in [1.29, 1.82) is 0 Å². The molecule has 0 aliphatic rings. The predicted octanol–water partition coefficient (Wildman–Crippen LogP) is 4.31. The number of halogens is 1. The lowest BCUT2D eigenvalue weighted by molar-refractivity contribution is -0.384. The number of nitrogens with one attached hydrogen (secondary N) is 1. The summed E-state index contributed by atoms with van der Waals surface area (Å²) < 4.78 is 34.5. The second-order valence-electron chi connectivity index (χ2n) is 6.60. The van der Waals surface area contributed by atoms with E-state index in [1.54, 1.807) is 18.2 Å². The molecule has 8 nitrogen and oxygen atoms in total. The smallest absolute Gasteiger partial charge is 0.269 e. The molecule has 0 radical (unpaired) electrons. The second kappa shape index (κ2) is 9.90. The van der Waals surface area contributed by atoms with Crippen molar-refractivity contribution in [3.63, 3.8) is 0 Å². The SMILES string of the molecule is O=[N+]([O-])c1ccc(S(=O)(=O)Nc2ccc(Br)cc2OCC(CO)c2ccccc2)cc1. The van der Waals surface area contributed by atoms with Crippen molar-refractivity contribution in [2.75, 3.05) is 17.9 Å². The Labute approximate surface area is 187 Å². The highest BCUT2D eigenvalue weighted by Gasteiger charge is 2.19. The summed E-state index contributed by atoms with van der Waals surface area (Å²) in [6.45, 7) is -0.00883. The van der Waals surface area contributed by atoms with Crippen LogP contribution < -0.4 is 9.46 Å². The van der Waals surface area contributed by atoms with Crippen molar-refractivity contribution < 1.29 is 23.2 Å². The van der Waals surface area contributed by atoms with E-state index in [1.807, 2.05) is 30.3 Å². The van der Waals surface area contributed by atoms with Crippen LogP contribution in [0.5, 0.6) is 5.75 Å². The van der Waals surface area contributed by atoms with Crippen LogP contribution in [-0.2, 0) is 10.0 Å². The highest BCUT2D eigenvalue weighted by atomic mass is 79.9. The van der Waals surface area contributed by atoms with Gasteiger partial charge < -0.3 is 9.84 Å². The van der Waals surface area contributed by atoms with Crippen LogP contribution in [0.15, 0.2) is 82.2 Å². The van der Waals surface area contributed by atoms with E-state index >= 15 is 0 Å². The van der Waals surface area contributed by atoms with Crippen LogP contribution in [0.2, 0.25) is 0 Å². The Morgan fingerprint density at radius 3 is 2.35 bits per heavy atom. The van der Waals surface area contributed by atoms with Gasteiger partial charge in [-0.25, -0.2) is 8.42 Å². The fraction of sp³-hybridized carbons (Fsp3) is 0.143. The van der Waals surface area contributed by atoms with E-state index in [2.05, 4.69) is 20.7 Å². The second-order valence-corrected chi connectivity index (χ2v) is 9.20. The number of aliphatic hydroxyl groups is 1. The van der Waals surface area contributed by atoms with Crippen LogP contribution >= 0.6 is 15.9 Å². The third kappa shape index (κ3) is 5.81. The van der Waals surface area contributed by atoms with Gasteiger partial charge in [-0.2, -0.15) is 0 Å². The minimum absolute atomic E-state index is 0.121. The minimum Gasteiger partial charge on any atom is -0.491 e. The van der Waals surface area contributed by atoms with Crippen LogP contribution in [0.3, 0.4) is 0 Å². The first kappa shape index (κ1) is 22.7. The van der Waals surface area contributed by atoms with Crippen molar-refractivity contribution >= 4 is 37.3 Å². The van der Waals surface area contributed by atoms with Gasteiger partial charge in [0.05, 0.1) is 28.7 Å². The molecule has 0 saturated carbocycles. The number of aliphatic hydroxyl groups excluding tert-OH is 1. The van der Waals surface area contributed by atoms with Crippen LogP contribution in [0.4, 0.5) is 11.4 Å². The van der Waals surface area contributed by atoms with E-state index in [0.29, 0.717) is 4.47 Å². The number of nitro groups is 1. The molecular weight excluding hydrogens is 488 g/mol. The van der Waals surface area contributed by atoms with Crippen molar-refractivity contribution in [1.82, 2.24) is 0 Å². The first-order valence-electron chi connectivity index (χ1n) is 9.15. The molecule has 0 spiro atoms. The van der Waals surface area contributed by atoms with E-state index < -0.39 is 14.9 Å². The largest absolute Gasteiger partial charge is 0.491 e. The highest BCUT2D eigenvalue weighted by molar-refractivity contribution is 9.10. The van der Waals surface area contributed by atoms with Gasteiger partial charge in [-0.3, -0.25) is 14.8 Å². The van der Waals surface area contributed by atoms with Gasteiger partial charge in [-0.1, -0.05) is 46.3 Å². The molecule has 0 aliphatic heterocycles. The predicted molar refractivity (Wildman–Crippen MR) is 120 cm³/mol. The Morgan fingerprint density at radius 2 is 1.74 bits per heavy atom. The molecular formula is C21H19BrN2O6S. The summed E-state index contributed by atoms with van der Waals surface area (Å²) >= 11 is 3.34. The normalized spacial score (nSPS) is 12.2. The van der Waals surface area contributed by atoms with Gasteiger partial charge in [0, 0.05) is 22.5 Å². The molecule has 162 valence electrons. The molecule has 1 atom stereocenters.